The van der Waals surface area contributed by atoms with Crippen LogP contribution in [0.4, 0.5) is 22.7 Å². The zero-order valence-electron chi connectivity index (χ0n) is 33.2. The maximum Gasteiger partial charge on any atom is 0.339 e. The number of amides is 5. The standard InChI is InChI=1S/C44H36N6O13/c1-60-38-30(15-13-28(36(38)52)42(56)49-31-16-14-29(44(58)59)37(53)39(31)61-2)48-40(54)24-7-11-27(12-8-24)47-43(57)32(19-20-45)50-41(55)25-5-9-26(10-6-25)46-35(51)18-4-23-3-17-33-34(21-23)63-22-62-33/h3-18,21,32,52-53H,19,22H2,1-2H3,(H,46,51)(H,47,57)(H,48,54)(H,49,56)(H,50,55)(H,58,59)/b18-4+/t32-/m0/s1. The number of nitrogens with one attached hydrogen (secondary N) is 5. The number of aromatic hydroxyl groups is 2. The Kier molecular flexibility index (Phi) is 13.4. The Bertz CT molecular complexity index is 2690. The highest BCUT2D eigenvalue weighted by Gasteiger charge is 2.25. The Morgan fingerprint density at radius 2 is 1.25 bits per heavy atom. The van der Waals surface area contributed by atoms with Gasteiger partial charge in [0, 0.05) is 28.6 Å². The van der Waals surface area contributed by atoms with E-state index in [1.54, 1.807) is 24.3 Å². The number of carbonyl (C=O) groups is 6. The summed E-state index contributed by atoms with van der Waals surface area (Å²) in [6.07, 6.45) is 2.58. The zero-order chi connectivity index (χ0) is 45.2. The van der Waals surface area contributed by atoms with Crippen molar-refractivity contribution in [2.45, 2.75) is 12.5 Å². The van der Waals surface area contributed by atoms with Gasteiger partial charge >= 0.3 is 5.97 Å². The molecule has 0 saturated heterocycles. The van der Waals surface area contributed by atoms with E-state index in [0.717, 1.165) is 18.7 Å². The number of rotatable bonds is 15. The monoisotopic (exact) mass is 856 g/mol. The van der Waals surface area contributed by atoms with Crippen molar-refractivity contribution >= 4 is 64.3 Å². The van der Waals surface area contributed by atoms with Crippen LogP contribution in [-0.4, -0.2) is 77.9 Å². The third kappa shape index (κ3) is 10.2. The van der Waals surface area contributed by atoms with Crippen molar-refractivity contribution < 1.29 is 63.0 Å². The van der Waals surface area contributed by atoms with E-state index in [-0.39, 0.29) is 58.5 Å². The summed E-state index contributed by atoms with van der Waals surface area (Å²) in [4.78, 5) is 76.4. The number of carboxylic acid groups (broad SMARTS) is 1. The first-order valence-corrected chi connectivity index (χ1v) is 18.5. The van der Waals surface area contributed by atoms with Crippen molar-refractivity contribution in [2.75, 3.05) is 42.3 Å². The van der Waals surface area contributed by atoms with Gasteiger partial charge in [0.05, 0.1) is 43.6 Å². The Labute approximate surface area is 357 Å². The Balaban J connectivity index is 1.03. The second-order valence-corrected chi connectivity index (χ2v) is 13.3. The number of aromatic carboxylic acids is 1. The number of ether oxygens (including phenoxy) is 4. The average molecular weight is 857 g/mol. The van der Waals surface area contributed by atoms with Crippen molar-refractivity contribution in [2.24, 2.45) is 0 Å². The normalized spacial score (nSPS) is 11.7. The van der Waals surface area contributed by atoms with Gasteiger partial charge in [0.15, 0.2) is 34.5 Å². The molecule has 1 aliphatic heterocycles. The fourth-order valence-electron chi connectivity index (χ4n) is 6.05. The van der Waals surface area contributed by atoms with E-state index in [2.05, 4.69) is 26.6 Å². The molecule has 0 spiro atoms. The van der Waals surface area contributed by atoms with Gasteiger partial charge in [0.2, 0.25) is 18.6 Å². The Hall–Kier alpha value is -9.05. The minimum absolute atomic E-state index is 0.0181. The molecular formula is C44H36N6O13. The number of fused-ring (bicyclic) bond motifs is 1. The summed E-state index contributed by atoms with van der Waals surface area (Å²) in [5, 5.41) is 52.7. The van der Waals surface area contributed by atoms with E-state index < -0.39 is 58.6 Å². The topological polar surface area (TPSA) is 284 Å². The number of benzene rings is 5. The van der Waals surface area contributed by atoms with Gasteiger partial charge < -0.3 is 60.9 Å². The van der Waals surface area contributed by atoms with Gasteiger partial charge in [-0.15, -0.1) is 0 Å². The molecule has 1 heterocycles. The van der Waals surface area contributed by atoms with Crippen molar-refractivity contribution in [3.63, 3.8) is 0 Å². The van der Waals surface area contributed by atoms with Gasteiger partial charge in [-0.1, -0.05) is 6.07 Å². The summed E-state index contributed by atoms with van der Waals surface area (Å²) in [7, 11) is 2.35. The predicted octanol–water partition coefficient (Wildman–Crippen LogP) is 5.35. The third-order valence-corrected chi connectivity index (χ3v) is 9.21. The maximum atomic E-state index is 13.2. The van der Waals surface area contributed by atoms with Crippen LogP contribution >= 0.6 is 0 Å². The second kappa shape index (κ2) is 19.3. The van der Waals surface area contributed by atoms with Crippen LogP contribution in [0.15, 0.2) is 97.1 Å². The Morgan fingerprint density at radius 3 is 1.86 bits per heavy atom. The number of carboxylic acids is 1. The fraction of sp³-hybridized carbons (Fsp3) is 0.114. The van der Waals surface area contributed by atoms with Gasteiger partial charge in [0.1, 0.15) is 11.6 Å². The lowest BCUT2D eigenvalue weighted by molar-refractivity contribution is -0.118. The van der Waals surface area contributed by atoms with Gasteiger partial charge in [-0.2, -0.15) is 5.26 Å². The van der Waals surface area contributed by atoms with Crippen LogP contribution in [0.1, 0.15) is 53.4 Å². The van der Waals surface area contributed by atoms with Crippen LogP contribution in [0.25, 0.3) is 6.08 Å². The molecule has 320 valence electrons. The first kappa shape index (κ1) is 43.5. The molecule has 0 aliphatic carbocycles. The van der Waals surface area contributed by atoms with Gasteiger partial charge in [-0.3, -0.25) is 24.0 Å². The number of hydrogen-bond donors (Lipinski definition) is 8. The quantitative estimate of drug-likeness (QED) is 0.0617. The van der Waals surface area contributed by atoms with Crippen LogP contribution in [0.2, 0.25) is 0 Å². The van der Waals surface area contributed by atoms with Gasteiger partial charge in [0.25, 0.3) is 17.7 Å². The lowest BCUT2D eigenvalue weighted by atomic mass is 10.1. The summed E-state index contributed by atoms with van der Waals surface area (Å²) in [5.41, 5.74) is 0.744. The minimum Gasteiger partial charge on any atom is -0.504 e. The second-order valence-electron chi connectivity index (χ2n) is 13.3. The number of nitrogens with zero attached hydrogens (tertiary/aromatic N) is 1. The first-order chi connectivity index (χ1) is 30.3. The first-order valence-electron chi connectivity index (χ1n) is 18.5. The van der Waals surface area contributed by atoms with Crippen LogP contribution in [-0.2, 0) is 9.59 Å². The number of carbonyl (C=O) groups excluding carboxylic acids is 5. The third-order valence-electron chi connectivity index (χ3n) is 9.21. The van der Waals surface area contributed by atoms with E-state index in [1.165, 1.54) is 79.9 Å². The number of phenolic OH excluding ortho intramolecular Hbond substituents is 1. The van der Waals surface area contributed by atoms with Crippen molar-refractivity contribution in [1.29, 1.82) is 5.26 Å². The molecule has 5 aromatic carbocycles. The van der Waals surface area contributed by atoms with E-state index in [0.29, 0.717) is 17.2 Å². The molecule has 5 aromatic rings. The predicted molar refractivity (Wildman–Crippen MR) is 225 cm³/mol. The summed E-state index contributed by atoms with van der Waals surface area (Å²) in [6, 6.07) is 22.1. The van der Waals surface area contributed by atoms with Crippen LogP contribution in [0, 0.1) is 11.3 Å². The zero-order valence-corrected chi connectivity index (χ0v) is 33.2. The Morgan fingerprint density at radius 1 is 0.698 bits per heavy atom. The summed E-state index contributed by atoms with van der Waals surface area (Å²) >= 11 is 0. The molecule has 0 aromatic heterocycles. The molecule has 1 aliphatic rings. The molecule has 6 rings (SSSR count). The molecule has 8 N–H and O–H groups in total. The van der Waals surface area contributed by atoms with E-state index >= 15 is 0 Å². The van der Waals surface area contributed by atoms with Crippen LogP contribution in [0.3, 0.4) is 0 Å². The number of phenols is 2. The molecule has 0 saturated carbocycles. The molecule has 1 atom stereocenters. The highest BCUT2D eigenvalue weighted by molar-refractivity contribution is 6.10. The molecule has 19 heteroatoms. The number of nitriles is 1. The molecule has 0 fully saturated rings. The van der Waals surface area contributed by atoms with Crippen molar-refractivity contribution in [1.82, 2.24) is 5.32 Å². The largest absolute Gasteiger partial charge is 0.504 e. The molecule has 0 radical (unpaired) electrons. The molecule has 0 unspecified atom stereocenters. The summed E-state index contributed by atoms with van der Waals surface area (Å²) in [5.74, 6) is -5.54. The van der Waals surface area contributed by atoms with Crippen LogP contribution < -0.4 is 45.5 Å². The lowest BCUT2D eigenvalue weighted by Crippen LogP contribution is -2.43. The summed E-state index contributed by atoms with van der Waals surface area (Å²) in [6.45, 7) is 0.132. The van der Waals surface area contributed by atoms with E-state index in [4.69, 9.17) is 18.9 Å². The van der Waals surface area contributed by atoms with E-state index in [9.17, 15) is 49.3 Å². The molecule has 0 bridgehead atoms. The smallest absolute Gasteiger partial charge is 0.339 e. The molecule has 19 nitrogen and oxygen atoms in total. The van der Waals surface area contributed by atoms with Crippen molar-refractivity contribution in [3.05, 3.63) is 125 Å². The fourth-order valence-corrected chi connectivity index (χ4v) is 6.05. The summed E-state index contributed by atoms with van der Waals surface area (Å²) < 4.78 is 21.0. The van der Waals surface area contributed by atoms with Crippen LogP contribution in [0.5, 0.6) is 34.5 Å². The SMILES string of the molecule is COc1c(NC(=O)c2ccc(NC(=O)c3ccc(NC(=O)[C@H](CC#N)NC(=O)c4ccc(NC(=O)/C=C/c5ccc6c(c5)OCO6)cc4)cc3)c(OC)c2O)ccc(C(=O)O)c1O. The van der Waals surface area contributed by atoms with Crippen molar-refractivity contribution in [3.8, 4) is 40.6 Å². The van der Waals surface area contributed by atoms with Gasteiger partial charge in [-0.05, 0) is 96.6 Å². The number of methoxy groups -OCH3 is 2. The number of anilines is 4. The van der Waals surface area contributed by atoms with Gasteiger partial charge in [-0.25, -0.2) is 4.79 Å². The highest BCUT2D eigenvalue weighted by atomic mass is 16.7. The maximum absolute atomic E-state index is 13.2. The average Bonchev–Trinajstić information content (AvgIpc) is 3.74. The molecule has 63 heavy (non-hydrogen) atoms. The lowest BCUT2D eigenvalue weighted by Gasteiger charge is -2.17. The van der Waals surface area contributed by atoms with E-state index in [1.807, 2.05) is 6.07 Å². The molecular weight excluding hydrogens is 821 g/mol. The highest BCUT2D eigenvalue weighted by Crippen LogP contribution is 2.41. The number of hydrogen-bond acceptors (Lipinski definition) is 13. The minimum atomic E-state index is -1.43. The molecule has 5 amide bonds.